The molecular formula is C12H27O5PSi2. The van der Waals surface area contributed by atoms with Crippen molar-refractivity contribution in [2.24, 2.45) is 0 Å². The summed E-state index contributed by atoms with van der Waals surface area (Å²) < 4.78 is 29.3. The van der Waals surface area contributed by atoms with Crippen molar-refractivity contribution in [3.05, 3.63) is 12.7 Å². The molecule has 0 spiro atoms. The Morgan fingerprint density at radius 3 is 1.90 bits per heavy atom. The number of esters is 1. The number of rotatable bonds is 9. The highest BCUT2D eigenvalue weighted by Gasteiger charge is 2.35. The molecule has 0 N–H and O–H groups in total. The van der Waals surface area contributed by atoms with Crippen molar-refractivity contribution in [3.63, 3.8) is 0 Å². The number of carbonyl (C=O) groups excluding carboxylic acids is 1. The van der Waals surface area contributed by atoms with E-state index in [1.54, 1.807) is 0 Å². The summed E-state index contributed by atoms with van der Waals surface area (Å²) >= 11 is 0. The van der Waals surface area contributed by atoms with Crippen molar-refractivity contribution in [1.29, 1.82) is 0 Å². The molecule has 0 aromatic rings. The van der Waals surface area contributed by atoms with E-state index in [1.165, 1.54) is 0 Å². The van der Waals surface area contributed by atoms with Gasteiger partial charge in [-0.2, -0.15) is 0 Å². The average molecular weight is 338 g/mol. The van der Waals surface area contributed by atoms with Crippen molar-refractivity contribution in [2.45, 2.75) is 45.7 Å². The third kappa shape index (κ3) is 10.6. The highest BCUT2D eigenvalue weighted by Crippen LogP contribution is 2.53. The Bertz CT molecular complexity index is 364. The molecule has 0 heterocycles. The SMILES string of the molecule is C=CC(=O)OCCCP(=O)(O[Si](C)(C)C)O[Si](C)(C)C. The van der Waals surface area contributed by atoms with Gasteiger partial charge in [0.1, 0.15) is 0 Å². The quantitative estimate of drug-likeness (QED) is 0.209. The zero-order chi connectivity index (χ0) is 16.0. The highest BCUT2D eigenvalue weighted by molar-refractivity contribution is 7.57. The molecule has 0 aliphatic rings. The molecule has 8 heteroatoms. The molecule has 5 nitrogen and oxygen atoms in total. The Morgan fingerprint density at radius 2 is 1.55 bits per heavy atom. The first-order valence-electron chi connectivity index (χ1n) is 6.67. The molecule has 0 fully saturated rings. The fourth-order valence-corrected chi connectivity index (χ4v) is 9.84. The van der Waals surface area contributed by atoms with Gasteiger partial charge >= 0.3 is 13.6 Å². The molecule has 0 aliphatic carbocycles. The van der Waals surface area contributed by atoms with E-state index in [0.717, 1.165) is 6.08 Å². The van der Waals surface area contributed by atoms with Crippen LogP contribution in [0.3, 0.4) is 0 Å². The summed E-state index contributed by atoms with van der Waals surface area (Å²) in [5.74, 6) is -0.475. The van der Waals surface area contributed by atoms with Gasteiger partial charge in [0.25, 0.3) is 0 Å². The van der Waals surface area contributed by atoms with Crippen LogP contribution in [0.15, 0.2) is 12.7 Å². The molecule has 118 valence electrons. The smallest absolute Gasteiger partial charge is 0.330 e. The second-order valence-electron chi connectivity index (χ2n) is 6.47. The van der Waals surface area contributed by atoms with Crippen LogP contribution in [0.2, 0.25) is 39.3 Å². The van der Waals surface area contributed by atoms with Gasteiger partial charge in [-0.1, -0.05) is 6.58 Å². The molecule has 0 saturated carbocycles. The first-order valence-corrected chi connectivity index (χ1v) is 15.2. The van der Waals surface area contributed by atoms with Gasteiger partial charge in [0.15, 0.2) is 16.6 Å². The largest absolute Gasteiger partial charge is 0.463 e. The van der Waals surface area contributed by atoms with Crippen LogP contribution in [-0.2, 0) is 22.5 Å². The van der Waals surface area contributed by atoms with Crippen LogP contribution in [0.1, 0.15) is 6.42 Å². The highest BCUT2D eigenvalue weighted by atomic mass is 31.2. The Hall–Kier alpha value is -0.206. The molecule has 20 heavy (non-hydrogen) atoms. The van der Waals surface area contributed by atoms with Gasteiger partial charge in [0.05, 0.1) is 12.8 Å². The maximum absolute atomic E-state index is 12.8. The van der Waals surface area contributed by atoms with E-state index in [0.29, 0.717) is 6.42 Å². The van der Waals surface area contributed by atoms with Crippen molar-refractivity contribution in [1.82, 2.24) is 0 Å². The Morgan fingerprint density at radius 1 is 1.10 bits per heavy atom. The van der Waals surface area contributed by atoms with Crippen molar-refractivity contribution >= 4 is 30.2 Å². The number of hydrogen-bond acceptors (Lipinski definition) is 5. The van der Waals surface area contributed by atoms with Gasteiger partial charge in [-0.15, -0.1) is 0 Å². The minimum atomic E-state index is -3.12. The van der Waals surface area contributed by atoms with Crippen LogP contribution in [0.25, 0.3) is 0 Å². The van der Waals surface area contributed by atoms with Gasteiger partial charge in [0, 0.05) is 6.08 Å². The maximum Gasteiger partial charge on any atom is 0.330 e. The summed E-state index contributed by atoms with van der Waals surface area (Å²) in [6.07, 6.45) is 1.83. The summed E-state index contributed by atoms with van der Waals surface area (Å²) in [7, 11) is -7.07. The number of hydrogen-bond donors (Lipinski definition) is 0. The zero-order valence-corrected chi connectivity index (χ0v) is 16.3. The summed E-state index contributed by atoms with van der Waals surface area (Å²) in [6.45, 7) is 15.4. The lowest BCUT2D eigenvalue weighted by atomic mass is 10.5. The Labute approximate surface area is 124 Å². The molecule has 0 aliphatic heterocycles. The topological polar surface area (TPSA) is 61.8 Å². The van der Waals surface area contributed by atoms with Crippen LogP contribution >= 0.6 is 7.60 Å². The van der Waals surface area contributed by atoms with E-state index in [-0.39, 0.29) is 12.8 Å². The normalized spacial score (nSPS) is 13.1. The summed E-state index contributed by atoms with van der Waals surface area (Å²) in [6, 6.07) is 0. The van der Waals surface area contributed by atoms with E-state index < -0.39 is 30.2 Å². The lowest BCUT2D eigenvalue weighted by Gasteiger charge is -2.31. The second-order valence-corrected chi connectivity index (χ2v) is 18.0. The van der Waals surface area contributed by atoms with Crippen LogP contribution in [-0.4, -0.2) is 35.4 Å². The van der Waals surface area contributed by atoms with Gasteiger partial charge in [-0.25, -0.2) is 4.79 Å². The van der Waals surface area contributed by atoms with E-state index in [4.69, 9.17) is 13.2 Å². The molecular weight excluding hydrogens is 311 g/mol. The molecule has 0 aromatic carbocycles. The van der Waals surface area contributed by atoms with Gasteiger partial charge in [-0.3, -0.25) is 4.57 Å². The minimum Gasteiger partial charge on any atom is -0.463 e. The van der Waals surface area contributed by atoms with Crippen LogP contribution in [0.4, 0.5) is 0 Å². The molecule has 0 saturated heterocycles. The lowest BCUT2D eigenvalue weighted by Crippen LogP contribution is -2.30. The van der Waals surface area contributed by atoms with Crippen molar-refractivity contribution in [3.8, 4) is 0 Å². The average Bonchev–Trinajstić information content (AvgIpc) is 2.18. The van der Waals surface area contributed by atoms with Crippen molar-refractivity contribution < 1.29 is 22.5 Å². The predicted octanol–water partition coefficient (Wildman–Crippen LogP) is 4.00. The number of ether oxygens (including phenoxy) is 1. The first-order chi connectivity index (χ1) is 8.87. The lowest BCUT2D eigenvalue weighted by molar-refractivity contribution is -0.137. The standard InChI is InChI=1S/C12H27O5PSi2/c1-8-12(13)15-10-9-11-18(14,16-19(2,3)4)17-20(5,6)7/h8H,1,9-11H2,2-7H3. The van der Waals surface area contributed by atoms with Gasteiger partial charge < -0.3 is 13.2 Å². The Kier molecular flexibility index (Phi) is 7.62. The molecule has 0 rings (SSSR count). The Balaban J connectivity index is 4.58. The fraction of sp³-hybridized carbons (Fsp3) is 0.750. The van der Waals surface area contributed by atoms with E-state index in [2.05, 4.69) is 6.58 Å². The first kappa shape index (κ1) is 19.8. The van der Waals surface area contributed by atoms with Crippen LogP contribution in [0, 0.1) is 0 Å². The molecule has 0 unspecified atom stereocenters. The molecule has 0 bridgehead atoms. The van der Waals surface area contributed by atoms with Crippen LogP contribution in [0.5, 0.6) is 0 Å². The van der Waals surface area contributed by atoms with E-state index >= 15 is 0 Å². The number of carbonyl (C=O) groups is 1. The third-order valence-electron chi connectivity index (χ3n) is 1.81. The minimum absolute atomic E-state index is 0.193. The van der Waals surface area contributed by atoms with E-state index in [1.807, 2.05) is 39.3 Å². The second kappa shape index (κ2) is 7.70. The molecule has 0 atom stereocenters. The molecule has 0 aromatic heterocycles. The predicted molar refractivity (Wildman–Crippen MR) is 87.1 cm³/mol. The zero-order valence-electron chi connectivity index (χ0n) is 13.4. The van der Waals surface area contributed by atoms with E-state index in [9.17, 15) is 9.36 Å². The summed E-state index contributed by atoms with van der Waals surface area (Å²) in [4.78, 5) is 10.9. The summed E-state index contributed by atoms with van der Waals surface area (Å²) in [5, 5.41) is 0. The van der Waals surface area contributed by atoms with Crippen molar-refractivity contribution in [2.75, 3.05) is 12.8 Å². The van der Waals surface area contributed by atoms with Gasteiger partial charge in [0.2, 0.25) is 0 Å². The molecule has 0 amide bonds. The van der Waals surface area contributed by atoms with Crippen LogP contribution < -0.4 is 0 Å². The maximum atomic E-state index is 12.8. The molecule has 0 radical (unpaired) electrons. The third-order valence-corrected chi connectivity index (χ3v) is 9.28. The van der Waals surface area contributed by atoms with Gasteiger partial charge in [-0.05, 0) is 45.7 Å². The summed E-state index contributed by atoms with van der Waals surface area (Å²) in [5.41, 5.74) is 0. The fourth-order valence-electron chi connectivity index (χ4n) is 1.43. The monoisotopic (exact) mass is 338 g/mol.